The summed E-state index contributed by atoms with van der Waals surface area (Å²) in [5.41, 5.74) is 2.20. The summed E-state index contributed by atoms with van der Waals surface area (Å²) in [6, 6.07) is 6.17. The van der Waals surface area contributed by atoms with Crippen molar-refractivity contribution in [3.8, 4) is 5.75 Å². The van der Waals surface area contributed by atoms with Crippen molar-refractivity contribution in [1.82, 2.24) is 0 Å². The molecule has 19 heavy (non-hydrogen) atoms. The van der Waals surface area contributed by atoms with Crippen LogP contribution in [0.15, 0.2) is 18.2 Å². The molecule has 0 amide bonds. The summed E-state index contributed by atoms with van der Waals surface area (Å²) in [4.78, 5) is 0. The van der Waals surface area contributed by atoms with Crippen LogP contribution in [0.25, 0.3) is 0 Å². The van der Waals surface area contributed by atoms with Gasteiger partial charge in [-0.15, -0.1) is 0 Å². The van der Waals surface area contributed by atoms with Gasteiger partial charge in [-0.05, 0) is 30.5 Å². The molecule has 1 aromatic rings. The van der Waals surface area contributed by atoms with Gasteiger partial charge in [0.15, 0.2) is 0 Å². The lowest BCUT2D eigenvalue weighted by atomic mass is 10.1. The van der Waals surface area contributed by atoms with Gasteiger partial charge in [0.25, 0.3) is 0 Å². The lowest BCUT2D eigenvalue weighted by molar-refractivity contribution is 0.146. The van der Waals surface area contributed by atoms with E-state index < -0.39 is 0 Å². The molecule has 0 aliphatic heterocycles. The van der Waals surface area contributed by atoms with Crippen LogP contribution in [-0.2, 0) is 9.47 Å². The van der Waals surface area contributed by atoms with Gasteiger partial charge in [-0.3, -0.25) is 0 Å². The molecule has 108 valence electrons. The number of hydrogen-bond acceptors (Lipinski definition) is 4. The number of hydrogen-bond donors (Lipinski definition) is 1. The van der Waals surface area contributed by atoms with Crippen LogP contribution < -0.4 is 10.1 Å². The third-order valence-corrected chi connectivity index (χ3v) is 2.77. The molecule has 0 aliphatic rings. The first kappa shape index (κ1) is 15.8. The number of ether oxygens (including phenoxy) is 3. The third-order valence-electron chi connectivity index (χ3n) is 2.77. The molecule has 0 aliphatic carbocycles. The number of anilines is 1. The van der Waals surface area contributed by atoms with Gasteiger partial charge in [0.2, 0.25) is 0 Å². The van der Waals surface area contributed by atoms with Crippen molar-refractivity contribution in [2.24, 2.45) is 5.92 Å². The summed E-state index contributed by atoms with van der Waals surface area (Å²) >= 11 is 0. The lowest BCUT2D eigenvalue weighted by Gasteiger charge is -2.16. The highest BCUT2D eigenvalue weighted by molar-refractivity contribution is 5.57. The Morgan fingerprint density at radius 3 is 2.63 bits per heavy atom. The molecule has 4 heteroatoms. The zero-order valence-corrected chi connectivity index (χ0v) is 12.4. The molecule has 0 radical (unpaired) electrons. The van der Waals surface area contributed by atoms with Crippen molar-refractivity contribution < 1.29 is 14.2 Å². The predicted octanol–water partition coefficient (Wildman–Crippen LogP) is 2.71. The van der Waals surface area contributed by atoms with E-state index in [1.54, 1.807) is 14.2 Å². The zero-order chi connectivity index (χ0) is 14.1. The van der Waals surface area contributed by atoms with E-state index >= 15 is 0 Å². The third kappa shape index (κ3) is 5.94. The molecule has 0 heterocycles. The fraction of sp³-hybridized carbons (Fsp3) is 0.600. The second-order valence-electron chi connectivity index (χ2n) is 4.78. The summed E-state index contributed by atoms with van der Waals surface area (Å²) in [7, 11) is 3.40. The SMILES string of the molecule is COCCOc1cc(C)ccc1NCC(C)COC. The number of nitrogens with one attached hydrogen (secondary N) is 1. The van der Waals surface area contributed by atoms with Gasteiger partial charge in [-0.1, -0.05) is 13.0 Å². The molecule has 1 N–H and O–H groups in total. The Bertz CT molecular complexity index is 368. The van der Waals surface area contributed by atoms with Gasteiger partial charge in [0, 0.05) is 20.8 Å². The molecule has 1 rings (SSSR count). The number of benzene rings is 1. The molecule has 1 unspecified atom stereocenters. The first-order chi connectivity index (χ1) is 9.17. The molecule has 1 aromatic carbocycles. The minimum Gasteiger partial charge on any atom is -0.489 e. The van der Waals surface area contributed by atoms with Crippen molar-refractivity contribution in [1.29, 1.82) is 0 Å². The maximum absolute atomic E-state index is 5.73. The highest BCUT2D eigenvalue weighted by Crippen LogP contribution is 2.26. The van der Waals surface area contributed by atoms with Crippen LogP contribution in [0.4, 0.5) is 5.69 Å². The van der Waals surface area contributed by atoms with Crippen LogP contribution >= 0.6 is 0 Å². The second-order valence-corrected chi connectivity index (χ2v) is 4.78. The van der Waals surface area contributed by atoms with E-state index in [9.17, 15) is 0 Å². The minimum atomic E-state index is 0.457. The Morgan fingerprint density at radius 2 is 1.95 bits per heavy atom. The smallest absolute Gasteiger partial charge is 0.142 e. The summed E-state index contributed by atoms with van der Waals surface area (Å²) < 4.78 is 15.9. The highest BCUT2D eigenvalue weighted by Gasteiger charge is 2.06. The van der Waals surface area contributed by atoms with Crippen LogP contribution in [0.3, 0.4) is 0 Å². The largest absolute Gasteiger partial charge is 0.489 e. The van der Waals surface area contributed by atoms with Crippen molar-refractivity contribution in [3.63, 3.8) is 0 Å². The molecular weight excluding hydrogens is 242 g/mol. The van der Waals surface area contributed by atoms with E-state index in [1.807, 2.05) is 6.07 Å². The molecule has 1 atom stereocenters. The number of methoxy groups -OCH3 is 2. The van der Waals surface area contributed by atoms with E-state index in [-0.39, 0.29) is 0 Å². The van der Waals surface area contributed by atoms with E-state index in [0.717, 1.165) is 24.6 Å². The van der Waals surface area contributed by atoms with Gasteiger partial charge in [-0.2, -0.15) is 0 Å². The van der Waals surface area contributed by atoms with E-state index in [4.69, 9.17) is 14.2 Å². The molecule has 0 bridgehead atoms. The van der Waals surface area contributed by atoms with Crippen molar-refractivity contribution in [2.75, 3.05) is 45.9 Å². The Balaban J connectivity index is 2.59. The van der Waals surface area contributed by atoms with Gasteiger partial charge in [0.05, 0.1) is 18.9 Å². The van der Waals surface area contributed by atoms with Gasteiger partial charge in [0.1, 0.15) is 12.4 Å². The summed E-state index contributed by atoms with van der Waals surface area (Å²) in [6.45, 7) is 6.96. The van der Waals surface area contributed by atoms with Gasteiger partial charge in [-0.25, -0.2) is 0 Å². The standard InChI is InChI=1S/C15H25NO3/c1-12-5-6-14(16-10-13(2)11-18-4)15(9-12)19-8-7-17-3/h5-6,9,13,16H,7-8,10-11H2,1-4H3. The van der Waals surface area contributed by atoms with Crippen LogP contribution in [0.1, 0.15) is 12.5 Å². The van der Waals surface area contributed by atoms with Crippen molar-refractivity contribution in [2.45, 2.75) is 13.8 Å². The Labute approximate surface area is 116 Å². The highest BCUT2D eigenvalue weighted by atomic mass is 16.5. The molecule has 0 spiro atoms. The van der Waals surface area contributed by atoms with Crippen molar-refractivity contribution >= 4 is 5.69 Å². The first-order valence-electron chi connectivity index (χ1n) is 6.62. The summed E-state index contributed by atoms with van der Waals surface area (Å²) in [5, 5.41) is 3.41. The van der Waals surface area contributed by atoms with E-state index in [2.05, 4.69) is 31.3 Å². The predicted molar refractivity (Wildman–Crippen MR) is 78.1 cm³/mol. The molecule has 4 nitrogen and oxygen atoms in total. The number of aryl methyl sites for hydroxylation is 1. The molecular formula is C15H25NO3. The molecule has 0 aromatic heterocycles. The van der Waals surface area contributed by atoms with E-state index in [0.29, 0.717) is 19.1 Å². The normalized spacial score (nSPS) is 12.2. The van der Waals surface area contributed by atoms with Gasteiger partial charge < -0.3 is 19.5 Å². The topological polar surface area (TPSA) is 39.7 Å². The summed E-state index contributed by atoms with van der Waals surface area (Å²) in [5.74, 6) is 1.33. The van der Waals surface area contributed by atoms with Crippen LogP contribution in [0, 0.1) is 12.8 Å². The summed E-state index contributed by atoms with van der Waals surface area (Å²) in [6.07, 6.45) is 0. The lowest BCUT2D eigenvalue weighted by Crippen LogP contribution is -2.16. The monoisotopic (exact) mass is 267 g/mol. The average molecular weight is 267 g/mol. The average Bonchev–Trinajstić information content (AvgIpc) is 2.38. The molecule has 0 fully saturated rings. The van der Waals surface area contributed by atoms with Crippen LogP contribution in [0.2, 0.25) is 0 Å². The quantitative estimate of drug-likeness (QED) is 0.698. The Kier molecular flexibility index (Phi) is 7.30. The Morgan fingerprint density at radius 1 is 1.16 bits per heavy atom. The van der Waals surface area contributed by atoms with Gasteiger partial charge >= 0.3 is 0 Å². The fourth-order valence-electron chi connectivity index (χ4n) is 1.76. The van der Waals surface area contributed by atoms with Crippen LogP contribution in [-0.4, -0.2) is 40.6 Å². The number of rotatable bonds is 9. The Hall–Kier alpha value is -1.26. The first-order valence-corrected chi connectivity index (χ1v) is 6.62. The molecule has 0 saturated heterocycles. The maximum Gasteiger partial charge on any atom is 0.142 e. The molecule has 0 saturated carbocycles. The van der Waals surface area contributed by atoms with Crippen LogP contribution in [0.5, 0.6) is 5.75 Å². The minimum absolute atomic E-state index is 0.457. The fourth-order valence-corrected chi connectivity index (χ4v) is 1.76. The second kappa shape index (κ2) is 8.77. The maximum atomic E-state index is 5.73. The zero-order valence-electron chi connectivity index (χ0n) is 12.4. The van der Waals surface area contributed by atoms with Crippen molar-refractivity contribution in [3.05, 3.63) is 23.8 Å². The van der Waals surface area contributed by atoms with E-state index in [1.165, 1.54) is 5.56 Å².